The molecule has 1 amide bonds. The van der Waals surface area contributed by atoms with Crippen LogP contribution in [0.5, 0.6) is 0 Å². The summed E-state index contributed by atoms with van der Waals surface area (Å²) < 4.78 is 0. The second kappa shape index (κ2) is 7.14. The summed E-state index contributed by atoms with van der Waals surface area (Å²) in [6, 6.07) is 13.0. The van der Waals surface area contributed by atoms with Crippen molar-refractivity contribution in [2.45, 2.75) is 13.3 Å². The van der Waals surface area contributed by atoms with E-state index in [1.54, 1.807) is 12.1 Å². The number of nitrogens with one attached hydrogen (secondary N) is 2. The van der Waals surface area contributed by atoms with Gasteiger partial charge < -0.3 is 10.3 Å². The first-order valence-electron chi connectivity index (χ1n) is 9.01. The molecule has 0 bridgehead atoms. The molecule has 3 aromatic rings. The lowest BCUT2D eigenvalue weighted by molar-refractivity contribution is 0.102. The molecule has 1 aromatic carbocycles. The highest BCUT2D eigenvalue weighted by atomic mass is 16.1. The highest BCUT2D eigenvalue weighted by molar-refractivity contribution is 6.04. The number of anilines is 1. The van der Waals surface area contributed by atoms with Crippen molar-refractivity contribution < 1.29 is 4.79 Å². The van der Waals surface area contributed by atoms with E-state index in [9.17, 15) is 4.79 Å². The van der Waals surface area contributed by atoms with Crippen molar-refractivity contribution in [1.82, 2.24) is 14.9 Å². The smallest absolute Gasteiger partial charge is 0.256 e. The van der Waals surface area contributed by atoms with Crippen LogP contribution in [0.1, 0.15) is 29.3 Å². The van der Waals surface area contributed by atoms with Crippen molar-refractivity contribution >= 4 is 28.3 Å². The third-order valence-electron chi connectivity index (χ3n) is 4.89. The number of aromatic amines is 1. The van der Waals surface area contributed by atoms with Crippen molar-refractivity contribution in [3.63, 3.8) is 0 Å². The molecule has 4 rings (SSSR count). The normalized spacial score (nSPS) is 15.0. The van der Waals surface area contributed by atoms with E-state index in [0.29, 0.717) is 11.4 Å². The first kappa shape index (κ1) is 16.5. The summed E-state index contributed by atoms with van der Waals surface area (Å²) in [5.74, 6) is 0.420. The van der Waals surface area contributed by atoms with Gasteiger partial charge in [0.15, 0.2) is 0 Å². The molecule has 132 valence electrons. The third-order valence-corrected chi connectivity index (χ3v) is 4.89. The number of carbonyl (C=O) groups excluding carboxylic acids is 1. The lowest BCUT2D eigenvalue weighted by Gasteiger charge is -2.24. The molecule has 0 atom stereocenters. The first-order chi connectivity index (χ1) is 12.7. The number of H-pyrrole nitrogens is 1. The second-order valence-corrected chi connectivity index (χ2v) is 6.49. The van der Waals surface area contributed by atoms with Gasteiger partial charge in [0.05, 0.1) is 11.0 Å². The molecule has 0 unspecified atom stereocenters. The number of hydrogen-bond acceptors (Lipinski definition) is 3. The molecule has 2 N–H and O–H groups in total. The van der Waals surface area contributed by atoms with Crippen molar-refractivity contribution in [1.29, 1.82) is 0 Å². The Morgan fingerprint density at radius 1 is 1.23 bits per heavy atom. The fourth-order valence-electron chi connectivity index (χ4n) is 3.33. The Bertz CT molecular complexity index is 959. The third kappa shape index (κ3) is 3.26. The van der Waals surface area contributed by atoms with Crippen LogP contribution in [0, 0.1) is 0 Å². The van der Waals surface area contributed by atoms with Gasteiger partial charge >= 0.3 is 0 Å². The minimum atomic E-state index is -0.148. The molecule has 5 heteroatoms. The van der Waals surface area contributed by atoms with Crippen LogP contribution in [-0.4, -0.2) is 40.4 Å². The van der Waals surface area contributed by atoms with E-state index >= 15 is 0 Å². The van der Waals surface area contributed by atoms with Gasteiger partial charge in [0.2, 0.25) is 0 Å². The molecule has 3 heterocycles. The summed E-state index contributed by atoms with van der Waals surface area (Å²) in [5.41, 5.74) is 4.97. The van der Waals surface area contributed by atoms with Gasteiger partial charge in [0, 0.05) is 30.4 Å². The van der Waals surface area contributed by atoms with Crippen molar-refractivity contribution in [3.8, 4) is 0 Å². The number of likely N-dealkylation sites (N-methyl/N-ethyl adjacent to an activating group) is 1. The van der Waals surface area contributed by atoms with E-state index in [4.69, 9.17) is 4.98 Å². The Labute approximate surface area is 152 Å². The van der Waals surface area contributed by atoms with Crippen LogP contribution in [0.4, 0.5) is 5.82 Å². The zero-order valence-electron chi connectivity index (χ0n) is 14.8. The number of fused-ring (bicyclic) bond motifs is 1. The highest BCUT2D eigenvalue weighted by Gasteiger charge is 2.16. The molecule has 26 heavy (non-hydrogen) atoms. The molecule has 5 nitrogen and oxygen atoms in total. The van der Waals surface area contributed by atoms with Gasteiger partial charge in [0.25, 0.3) is 5.91 Å². The highest BCUT2D eigenvalue weighted by Crippen LogP contribution is 2.29. The summed E-state index contributed by atoms with van der Waals surface area (Å²) in [5, 5.41) is 2.89. The Kier molecular flexibility index (Phi) is 4.54. The molecule has 0 saturated heterocycles. The van der Waals surface area contributed by atoms with E-state index in [-0.39, 0.29) is 5.91 Å². The average molecular weight is 346 g/mol. The maximum absolute atomic E-state index is 12.4. The lowest BCUT2D eigenvalue weighted by atomic mass is 10.0. The number of pyridine rings is 1. The summed E-state index contributed by atoms with van der Waals surface area (Å²) in [6.45, 7) is 5.31. The molecule has 0 radical (unpaired) electrons. The monoisotopic (exact) mass is 346 g/mol. The maximum Gasteiger partial charge on any atom is 0.256 e. The van der Waals surface area contributed by atoms with E-state index < -0.39 is 0 Å². The fraction of sp³-hybridized carbons (Fsp3) is 0.238. The maximum atomic E-state index is 12.4. The summed E-state index contributed by atoms with van der Waals surface area (Å²) in [7, 11) is 0. The number of aromatic nitrogens is 2. The average Bonchev–Trinajstić information content (AvgIpc) is 3.12. The zero-order chi connectivity index (χ0) is 17.9. The van der Waals surface area contributed by atoms with Gasteiger partial charge in [-0.25, -0.2) is 4.98 Å². The van der Waals surface area contributed by atoms with Crippen molar-refractivity contribution in [3.05, 3.63) is 65.9 Å². The Morgan fingerprint density at radius 2 is 2.08 bits per heavy atom. The lowest BCUT2D eigenvalue weighted by Crippen LogP contribution is -2.27. The molecular weight excluding hydrogens is 324 g/mol. The van der Waals surface area contributed by atoms with Crippen LogP contribution in [0.25, 0.3) is 16.6 Å². The predicted molar refractivity (Wildman–Crippen MR) is 105 cm³/mol. The number of hydrogen-bond donors (Lipinski definition) is 2. The minimum absolute atomic E-state index is 0.148. The minimum Gasteiger partial charge on any atom is -0.359 e. The van der Waals surface area contributed by atoms with Crippen LogP contribution < -0.4 is 5.32 Å². The molecule has 0 aliphatic carbocycles. The predicted octanol–water partition coefficient (Wildman–Crippen LogP) is 3.92. The van der Waals surface area contributed by atoms with Crippen LogP contribution in [0.3, 0.4) is 0 Å². The first-order valence-corrected chi connectivity index (χ1v) is 9.01. The number of carbonyl (C=O) groups is 1. The van der Waals surface area contributed by atoms with Gasteiger partial charge in [-0.1, -0.05) is 31.2 Å². The van der Waals surface area contributed by atoms with Crippen molar-refractivity contribution in [2.75, 3.05) is 25.0 Å². The number of rotatable bonds is 4. The molecule has 0 saturated carbocycles. The van der Waals surface area contributed by atoms with E-state index in [0.717, 1.165) is 42.7 Å². The number of benzene rings is 1. The van der Waals surface area contributed by atoms with E-state index in [1.807, 2.05) is 36.5 Å². The van der Waals surface area contributed by atoms with Gasteiger partial charge in [0.1, 0.15) is 5.82 Å². The van der Waals surface area contributed by atoms with Gasteiger partial charge in [-0.15, -0.1) is 0 Å². The molecule has 1 aliphatic heterocycles. The molecule has 2 aromatic heterocycles. The van der Waals surface area contributed by atoms with Crippen LogP contribution in [0.2, 0.25) is 0 Å². The largest absolute Gasteiger partial charge is 0.359 e. The van der Waals surface area contributed by atoms with Crippen LogP contribution in [-0.2, 0) is 0 Å². The number of amides is 1. The van der Waals surface area contributed by atoms with E-state index in [2.05, 4.69) is 28.2 Å². The van der Waals surface area contributed by atoms with Gasteiger partial charge in [-0.3, -0.25) is 9.69 Å². The summed E-state index contributed by atoms with van der Waals surface area (Å²) >= 11 is 0. The SMILES string of the molecule is CCN1CC=C(c2c[nH]c3ccc(NC(=O)c4ccccc4)nc23)CC1. The molecular formula is C21H22N4O. The summed E-state index contributed by atoms with van der Waals surface area (Å²) in [4.78, 5) is 22.8. The fourth-order valence-corrected chi connectivity index (χ4v) is 3.33. The molecule has 0 spiro atoms. The number of nitrogens with zero attached hydrogens (tertiary/aromatic N) is 2. The topological polar surface area (TPSA) is 61.0 Å². The van der Waals surface area contributed by atoms with Gasteiger partial charge in [-0.2, -0.15) is 0 Å². The van der Waals surface area contributed by atoms with Crippen LogP contribution >= 0.6 is 0 Å². The molecule has 1 aliphatic rings. The van der Waals surface area contributed by atoms with Gasteiger partial charge in [-0.05, 0) is 42.8 Å². The Hall–Kier alpha value is -2.92. The standard InChI is InChI=1S/C21H22N4O/c1-2-25-12-10-15(11-13-25)17-14-22-18-8-9-19(23-20(17)18)24-21(26)16-6-4-3-5-7-16/h3-10,14,22H,2,11-13H2,1H3,(H,23,24,26). The Morgan fingerprint density at radius 3 is 2.81 bits per heavy atom. The zero-order valence-corrected chi connectivity index (χ0v) is 14.8. The molecule has 0 fully saturated rings. The Balaban J connectivity index is 1.61. The quantitative estimate of drug-likeness (QED) is 0.752. The second-order valence-electron chi connectivity index (χ2n) is 6.49. The van der Waals surface area contributed by atoms with Crippen LogP contribution in [0.15, 0.2) is 54.7 Å². The van der Waals surface area contributed by atoms with E-state index in [1.165, 1.54) is 5.57 Å². The summed E-state index contributed by atoms with van der Waals surface area (Å²) in [6.07, 6.45) is 5.32. The van der Waals surface area contributed by atoms with Crippen molar-refractivity contribution in [2.24, 2.45) is 0 Å².